The van der Waals surface area contributed by atoms with Crippen molar-refractivity contribution in [3.8, 4) is 5.69 Å². The Kier molecular flexibility index (Phi) is 3.22. The minimum absolute atomic E-state index is 0.165. The van der Waals surface area contributed by atoms with Crippen LogP contribution in [0.1, 0.15) is 37.7 Å². The smallest absolute Gasteiger partial charge is 0.0996 e. The van der Waals surface area contributed by atoms with E-state index in [9.17, 15) is 0 Å². The Morgan fingerprint density at radius 1 is 1.17 bits per heavy atom. The fraction of sp³-hybridized carbons (Fsp3) is 0.429. The van der Waals surface area contributed by atoms with E-state index in [2.05, 4.69) is 55.3 Å². The minimum atomic E-state index is 0.165. The summed E-state index contributed by atoms with van der Waals surface area (Å²) in [5.41, 5.74) is 9.95. The highest BCUT2D eigenvalue weighted by atomic mass is 15.4. The zero-order chi connectivity index (χ0) is 13.3. The second kappa shape index (κ2) is 4.53. The van der Waals surface area contributed by atoms with Crippen molar-refractivity contribution in [3.63, 3.8) is 0 Å². The Labute approximate surface area is 108 Å². The van der Waals surface area contributed by atoms with E-state index in [-0.39, 0.29) is 5.41 Å². The molecule has 4 nitrogen and oxygen atoms in total. The van der Waals surface area contributed by atoms with Crippen LogP contribution in [-0.4, -0.2) is 15.0 Å². The van der Waals surface area contributed by atoms with E-state index in [0.717, 1.165) is 17.1 Å². The van der Waals surface area contributed by atoms with Crippen LogP contribution >= 0.6 is 0 Å². The van der Waals surface area contributed by atoms with Gasteiger partial charge >= 0.3 is 0 Å². The lowest BCUT2D eigenvalue weighted by atomic mass is 9.87. The van der Waals surface area contributed by atoms with E-state index in [0.29, 0.717) is 6.54 Å². The summed E-state index contributed by atoms with van der Waals surface area (Å²) >= 11 is 0. The van der Waals surface area contributed by atoms with Gasteiger partial charge in [-0.05, 0) is 30.0 Å². The van der Waals surface area contributed by atoms with Crippen LogP contribution in [0.25, 0.3) is 5.69 Å². The van der Waals surface area contributed by atoms with Crippen LogP contribution in [0.15, 0.2) is 24.3 Å². The fourth-order valence-electron chi connectivity index (χ4n) is 1.90. The van der Waals surface area contributed by atoms with Crippen LogP contribution in [0.5, 0.6) is 0 Å². The maximum atomic E-state index is 5.61. The van der Waals surface area contributed by atoms with Gasteiger partial charge in [-0.2, -0.15) is 0 Å². The van der Waals surface area contributed by atoms with E-state index in [1.165, 1.54) is 5.56 Å². The molecule has 1 aromatic heterocycles. The van der Waals surface area contributed by atoms with Gasteiger partial charge in [-0.25, -0.2) is 4.68 Å². The minimum Gasteiger partial charge on any atom is -0.325 e. The molecule has 0 bridgehead atoms. The molecule has 0 radical (unpaired) electrons. The van der Waals surface area contributed by atoms with E-state index >= 15 is 0 Å². The Bertz CT molecular complexity index is 532. The molecule has 0 amide bonds. The lowest BCUT2D eigenvalue weighted by Crippen LogP contribution is -2.11. The van der Waals surface area contributed by atoms with Crippen LogP contribution in [0.2, 0.25) is 0 Å². The van der Waals surface area contributed by atoms with Gasteiger partial charge in [-0.1, -0.05) is 38.1 Å². The van der Waals surface area contributed by atoms with Crippen LogP contribution in [0.4, 0.5) is 0 Å². The van der Waals surface area contributed by atoms with Crippen molar-refractivity contribution in [1.82, 2.24) is 15.0 Å². The summed E-state index contributed by atoms with van der Waals surface area (Å²) in [5.74, 6) is 0. The third-order valence-electron chi connectivity index (χ3n) is 3.16. The molecular formula is C14H20N4. The normalized spacial score (nSPS) is 11.8. The standard InChI is InChI=1S/C14H20N4/c1-10-13(9-15)16-17-18(10)12-7-5-11(6-8-12)14(2,3)4/h5-8H,9,15H2,1-4H3. The molecule has 96 valence electrons. The molecule has 1 heterocycles. The van der Waals surface area contributed by atoms with E-state index in [1.807, 2.05) is 11.6 Å². The molecule has 0 saturated carbocycles. The first-order valence-corrected chi connectivity index (χ1v) is 6.15. The van der Waals surface area contributed by atoms with E-state index in [4.69, 9.17) is 5.73 Å². The molecule has 2 rings (SSSR count). The zero-order valence-corrected chi connectivity index (χ0v) is 11.4. The van der Waals surface area contributed by atoms with Crippen molar-refractivity contribution < 1.29 is 0 Å². The fourth-order valence-corrected chi connectivity index (χ4v) is 1.90. The Balaban J connectivity index is 2.37. The lowest BCUT2D eigenvalue weighted by molar-refractivity contribution is 0.590. The maximum Gasteiger partial charge on any atom is 0.0996 e. The highest BCUT2D eigenvalue weighted by Crippen LogP contribution is 2.23. The molecule has 2 N–H and O–H groups in total. The number of hydrogen-bond acceptors (Lipinski definition) is 3. The van der Waals surface area contributed by atoms with Crippen LogP contribution in [-0.2, 0) is 12.0 Å². The Hall–Kier alpha value is -1.68. The predicted octanol–water partition coefficient (Wildman–Crippen LogP) is 2.33. The van der Waals surface area contributed by atoms with Crippen molar-refractivity contribution >= 4 is 0 Å². The SMILES string of the molecule is Cc1c(CN)nnn1-c1ccc(C(C)(C)C)cc1. The number of nitrogens with zero attached hydrogens (tertiary/aromatic N) is 3. The van der Waals surface area contributed by atoms with Gasteiger partial charge in [0.15, 0.2) is 0 Å². The zero-order valence-electron chi connectivity index (χ0n) is 11.4. The van der Waals surface area contributed by atoms with E-state index < -0.39 is 0 Å². The average Bonchev–Trinajstić information content (AvgIpc) is 2.69. The van der Waals surface area contributed by atoms with Gasteiger partial charge in [0.1, 0.15) is 0 Å². The number of nitrogens with two attached hydrogens (primary N) is 1. The molecule has 0 aliphatic rings. The van der Waals surface area contributed by atoms with Crippen LogP contribution < -0.4 is 5.73 Å². The lowest BCUT2D eigenvalue weighted by Gasteiger charge is -2.19. The Morgan fingerprint density at radius 3 is 2.22 bits per heavy atom. The highest BCUT2D eigenvalue weighted by Gasteiger charge is 2.14. The quantitative estimate of drug-likeness (QED) is 0.882. The summed E-state index contributed by atoms with van der Waals surface area (Å²) in [4.78, 5) is 0. The van der Waals surface area contributed by atoms with Gasteiger partial charge < -0.3 is 5.73 Å². The summed E-state index contributed by atoms with van der Waals surface area (Å²) in [6.45, 7) is 9.02. The Morgan fingerprint density at radius 2 is 1.78 bits per heavy atom. The second-order valence-electron chi connectivity index (χ2n) is 5.53. The van der Waals surface area contributed by atoms with Gasteiger partial charge in [0, 0.05) is 6.54 Å². The molecule has 0 atom stereocenters. The number of aromatic nitrogens is 3. The molecule has 0 unspecified atom stereocenters. The van der Waals surface area contributed by atoms with Crippen molar-refractivity contribution in [2.75, 3.05) is 0 Å². The number of hydrogen-bond donors (Lipinski definition) is 1. The molecule has 2 aromatic rings. The number of rotatable bonds is 2. The first-order valence-electron chi connectivity index (χ1n) is 6.15. The molecule has 0 aliphatic heterocycles. The van der Waals surface area contributed by atoms with Crippen molar-refractivity contribution in [3.05, 3.63) is 41.2 Å². The van der Waals surface area contributed by atoms with Gasteiger partial charge in [0.25, 0.3) is 0 Å². The molecule has 0 aliphatic carbocycles. The molecule has 0 spiro atoms. The first-order chi connectivity index (χ1) is 8.43. The highest BCUT2D eigenvalue weighted by molar-refractivity contribution is 5.37. The summed E-state index contributed by atoms with van der Waals surface area (Å²) in [6.07, 6.45) is 0. The largest absolute Gasteiger partial charge is 0.325 e. The van der Waals surface area contributed by atoms with Crippen LogP contribution in [0, 0.1) is 6.92 Å². The first kappa shape index (κ1) is 12.8. The van der Waals surface area contributed by atoms with Crippen molar-refractivity contribution in [2.45, 2.75) is 39.7 Å². The molecule has 1 aromatic carbocycles. The molecule has 0 fully saturated rings. The molecule has 18 heavy (non-hydrogen) atoms. The third-order valence-corrected chi connectivity index (χ3v) is 3.16. The maximum absolute atomic E-state index is 5.61. The second-order valence-corrected chi connectivity index (χ2v) is 5.53. The molecule has 0 saturated heterocycles. The number of benzene rings is 1. The van der Waals surface area contributed by atoms with Crippen LogP contribution in [0.3, 0.4) is 0 Å². The third kappa shape index (κ3) is 2.29. The van der Waals surface area contributed by atoms with Gasteiger partial charge in [0.2, 0.25) is 0 Å². The summed E-state index contributed by atoms with van der Waals surface area (Å²) < 4.78 is 1.83. The van der Waals surface area contributed by atoms with E-state index in [1.54, 1.807) is 0 Å². The molecular weight excluding hydrogens is 224 g/mol. The van der Waals surface area contributed by atoms with Gasteiger partial charge in [-0.15, -0.1) is 5.10 Å². The predicted molar refractivity (Wildman–Crippen MR) is 72.7 cm³/mol. The average molecular weight is 244 g/mol. The van der Waals surface area contributed by atoms with Gasteiger partial charge in [-0.3, -0.25) is 0 Å². The van der Waals surface area contributed by atoms with Gasteiger partial charge in [0.05, 0.1) is 17.1 Å². The topological polar surface area (TPSA) is 56.7 Å². The monoisotopic (exact) mass is 244 g/mol. The summed E-state index contributed by atoms with van der Waals surface area (Å²) in [6, 6.07) is 8.42. The molecule has 4 heteroatoms. The van der Waals surface area contributed by atoms with Crippen molar-refractivity contribution in [1.29, 1.82) is 0 Å². The van der Waals surface area contributed by atoms with Crippen molar-refractivity contribution in [2.24, 2.45) is 5.73 Å². The summed E-state index contributed by atoms with van der Waals surface area (Å²) in [5, 5.41) is 8.21. The summed E-state index contributed by atoms with van der Waals surface area (Å²) in [7, 11) is 0.